The van der Waals surface area contributed by atoms with E-state index < -0.39 is 0 Å². The number of rotatable bonds is 6. The van der Waals surface area contributed by atoms with Crippen molar-refractivity contribution in [2.45, 2.75) is 58.1 Å². The van der Waals surface area contributed by atoms with Crippen molar-refractivity contribution in [1.82, 2.24) is 5.32 Å². The van der Waals surface area contributed by atoms with E-state index in [2.05, 4.69) is 43.4 Å². The number of hydrogen-bond acceptors (Lipinski definition) is 2. The molecule has 2 atom stereocenters. The topological polar surface area (TPSA) is 21.3 Å². The van der Waals surface area contributed by atoms with Gasteiger partial charge in [0.05, 0.1) is 12.1 Å². The Balaban J connectivity index is 2.19. The molecule has 1 aliphatic carbocycles. The largest absolute Gasteiger partial charge is 0.376 e. The molecule has 1 N–H and O–H groups in total. The molecule has 0 saturated heterocycles. The molecule has 0 spiro atoms. The minimum Gasteiger partial charge on any atom is -0.376 e. The van der Waals surface area contributed by atoms with Crippen LogP contribution in [-0.4, -0.2) is 19.3 Å². The zero-order chi connectivity index (χ0) is 13.5. The molecule has 0 bridgehead atoms. The van der Waals surface area contributed by atoms with E-state index in [1.807, 2.05) is 0 Å². The van der Waals surface area contributed by atoms with Gasteiger partial charge in [0, 0.05) is 6.61 Å². The first-order valence-corrected chi connectivity index (χ1v) is 7.79. The van der Waals surface area contributed by atoms with Crippen molar-refractivity contribution in [2.24, 2.45) is 0 Å². The fraction of sp³-hybridized carbons (Fsp3) is 0.647. The predicted molar refractivity (Wildman–Crippen MR) is 80.4 cm³/mol. The maximum Gasteiger partial charge on any atom is 0.0769 e. The maximum atomic E-state index is 6.12. The van der Waals surface area contributed by atoms with Crippen molar-refractivity contribution >= 4 is 0 Å². The van der Waals surface area contributed by atoms with E-state index in [0.717, 1.165) is 26.0 Å². The average Bonchev–Trinajstić information content (AvgIpc) is 2.62. The van der Waals surface area contributed by atoms with E-state index in [-0.39, 0.29) is 0 Å². The molecule has 0 aromatic heterocycles. The number of hydrogen-bond donors (Lipinski definition) is 1. The third kappa shape index (κ3) is 3.80. The fourth-order valence-electron chi connectivity index (χ4n) is 2.92. The van der Waals surface area contributed by atoms with Crippen molar-refractivity contribution in [1.29, 1.82) is 0 Å². The Hall–Kier alpha value is -0.860. The lowest BCUT2D eigenvalue weighted by atomic mass is 9.97. The van der Waals surface area contributed by atoms with Crippen molar-refractivity contribution in [2.75, 3.05) is 13.2 Å². The summed E-state index contributed by atoms with van der Waals surface area (Å²) in [7, 11) is 0. The number of nitrogens with one attached hydrogen (secondary N) is 1. The third-order valence-corrected chi connectivity index (χ3v) is 3.85. The van der Waals surface area contributed by atoms with Gasteiger partial charge < -0.3 is 10.1 Å². The molecule has 0 heterocycles. The van der Waals surface area contributed by atoms with Crippen LogP contribution in [0.1, 0.15) is 56.7 Å². The Morgan fingerprint density at radius 3 is 2.84 bits per heavy atom. The highest BCUT2D eigenvalue weighted by molar-refractivity contribution is 5.32. The molecule has 0 amide bonds. The van der Waals surface area contributed by atoms with E-state index in [4.69, 9.17) is 4.74 Å². The third-order valence-electron chi connectivity index (χ3n) is 3.85. The van der Waals surface area contributed by atoms with E-state index in [1.165, 1.54) is 30.4 Å². The number of benzene rings is 1. The molecular formula is C17H27NO. The zero-order valence-electron chi connectivity index (χ0n) is 12.3. The number of ether oxygens (including phenoxy) is 1. The lowest BCUT2D eigenvalue weighted by Crippen LogP contribution is -2.34. The summed E-state index contributed by atoms with van der Waals surface area (Å²) in [6.45, 7) is 6.33. The highest BCUT2D eigenvalue weighted by atomic mass is 16.5. The van der Waals surface area contributed by atoms with Gasteiger partial charge in [-0.05, 0) is 49.8 Å². The molecule has 106 valence electrons. The molecule has 1 aromatic rings. The maximum absolute atomic E-state index is 6.12. The van der Waals surface area contributed by atoms with Crippen LogP contribution in [0.2, 0.25) is 0 Å². The monoisotopic (exact) mass is 261 g/mol. The van der Waals surface area contributed by atoms with E-state index in [1.54, 1.807) is 0 Å². The normalized spacial score (nSPS) is 22.8. The standard InChI is InChI=1S/C17H27NO/c1-3-12-18-17-15-10-6-5-8-14(15)9-7-11-16(17)19-13-4-2/h5-6,8,10,16-18H,3-4,7,9,11-13H2,1-2H3. The SMILES string of the molecule is CCCNC1c2ccccc2CCCC1OCCC. The van der Waals surface area contributed by atoms with Crippen LogP contribution in [0.4, 0.5) is 0 Å². The van der Waals surface area contributed by atoms with Gasteiger partial charge in [-0.1, -0.05) is 38.1 Å². The van der Waals surface area contributed by atoms with Gasteiger partial charge in [-0.3, -0.25) is 0 Å². The van der Waals surface area contributed by atoms with Crippen LogP contribution >= 0.6 is 0 Å². The van der Waals surface area contributed by atoms with Crippen LogP contribution in [0, 0.1) is 0 Å². The van der Waals surface area contributed by atoms with Crippen molar-refractivity contribution < 1.29 is 4.74 Å². The Morgan fingerprint density at radius 2 is 2.05 bits per heavy atom. The summed E-state index contributed by atoms with van der Waals surface area (Å²) in [5.41, 5.74) is 2.95. The minimum absolute atomic E-state index is 0.329. The molecule has 0 radical (unpaired) electrons. The van der Waals surface area contributed by atoms with Gasteiger partial charge in [-0.2, -0.15) is 0 Å². The van der Waals surface area contributed by atoms with Crippen molar-refractivity contribution in [3.8, 4) is 0 Å². The van der Waals surface area contributed by atoms with Crippen molar-refractivity contribution in [3.63, 3.8) is 0 Å². The lowest BCUT2D eigenvalue weighted by Gasteiger charge is -2.28. The lowest BCUT2D eigenvalue weighted by molar-refractivity contribution is 0.0213. The molecule has 2 nitrogen and oxygen atoms in total. The Bertz CT molecular complexity index is 375. The molecule has 0 saturated carbocycles. The van der Waals surface area contributed by atoms with Gasteiger partial charge in [0.1, 0.15) is 0 Å². The quantitative estimate of drug-likeness (QED) is 0.785. The molecular weight excluding hydrogens is 234 g/mol. The van der Waals surface area contributed by atoms with Gasteiger partial charge >= 0.3 is 0 Å². The summed E-state index contributed by atoms with van der Waals surface area (Å²) in [4.78, 5) is 0. The Labute approximate surface area is 117 Å². The first-order chi connectivity index (χ1) is 9.36. The van der Waals surface area contributed by atoms with Crippen LogP contribution < -0.4 is 5.32 Å². The summed E-state index contributed by atoms with van der Waals surface area (Å²) < 4.78 is 6.12. The molecule has 2 unspecified atom stereocenters. The minimum atomic E-state index is 0.329. The molecule has 19 heavy (non-hydrogen) atoms. The molecule has 2 rings (SSSR count). The highest BCUT2D eigenvalue weighted by Crippen LogP contribution is 2.30. The summed E-state index contributed by atoms with van der Waals surface area (Å²) in [5, 5.41) is 3.70. The Kier molecular flexibility index (Phi) is 5.87. The van der Waals surface area contributed by atoms with Gasteiger partial charge in [-0.15, -0.1) is 0 Å². The molecule has 1 aliphatic rings. The Morgan fingerprint density at radius 1 is 1.21 bits per heavy atom. The first-order valence-electron chi connectivity index (χ1n) is 7.79. The highest BCUT2D eigenvalue weighted by Gasteiger charge is 2.27. The van der Waals surface area contributed by atoms with Crippen LogP contribution in [0.5, 0.6) is 0 Å². The second kappa shape index (κ2) is 7.66. The fourth-order valence-corrected chi connectivity index (χ4v) is 2.92. The summed E-state index contributed by atoms with van der Waals surface area (Å²) in [6, 6.07) is 9.23. The number of fused-ring (bicyclic) bond motifs is 1. The number of aryl methyl sites for hydroxylation is 1. The van der Waals surface area contributed by atoms with Crippen LogP contribution in [0.3, 0.4) is 0 Å². The summed E-state index contributed by atoms with van der Waals surface area (Å²) in [5.74, 6) is 0. The summed E-state index contributed by atoms with van der Waals surface area (Å²) >= 11 is 0. The van der Waals surface area contributed by atoms with Gasteiger partial charge in [0.2, 0.25) is 0 Å². The van der Waals surface area contributed by atoms with E-state index in [9.17, 15) is 0 Å². The second-order valence-electron chi connectivity index (χ2n) is 5.43. The smallest absolute Gasteiger partial charge is 0.0769 e. The van der Waals surface area contributed by atoms with Crippen molar-refractivity contribution in [3.05, 3.63) is 35.4 Å². The summed E-state index contributed by atoms with van der Waals surface area (Å²) in [6.07, 6.45) is 6.17. The average molecular weight is 261 g/mol. The van der Waals surface area contributed by atoms with Crippen LogP contribution in [-0.2, 0) is 11.2 Å². The second-order valence-corrected chi connectivity index (χ2v) is 5.43. The van der Waals surface area contributed by atoms with Crippen LogP contribution in [0.15, 0.2) is 24.3 Å². The molecule has 0 aliphatic heterocycles. The molecule has 2 heteroatoms. The van der Waals surface area contributed by atoms with E-state index in [0.29, 0.717) is 12.1 Å². The van der Waals surface area contributed by atoms with Crippen LogP contribution in [0.25, 0.3) is 0 Å². The van der Waals surface area contributed by atoms with Gasteiger partial charge in [0.15, 0.2) is 0 Å². The predicted octanol–water partition coefficient (Wildman–Crippen LogP) is 3.86. The van der Waals surface area contributed by atoms with Gasteiger partial charge in [-0.25, -0.2) is 0 Å². The van der Waals surface area contributed by atoms with E-state index >= 15 is 0 Å². The first kappa shape index (κ1) is 14.5. The zero-order valence-corrected chi connectivity index (χ0v) is 12.3. The molecule has 0 fully saturated rings. The molecule has 1 aromatic carbocycles. The van der Waals surface area contributed by atoms with Gasteiger partial charge in [0.25, 0.3) is 0 Å².